The SMILES string of the molecule is CC1CCc2c(sc3nnn(CC(=O)NN)c(=O)c23)C1. The van der Waals surface area contributed by atoms with E-state index in [0.717, 1.165) is 29.5 Å². The van der Waals surface area contributed by atoms with E-state index in [0.29, 0.717) is 16.1 Å². The topological polar surface area (TPSA) is 103 Å². The van der Waals surface area contributed by atoms with Gasteiger partial charge in [-0.05, 0) is 30.7 Å². The number of hydrogen-bond donors (Lipinski definition) is 2. The zero-order valence-corrected chi connectivity index (χ0v) is 11.9. The van der Waals surface area contributed by atoms with E-state index in [2.05, 4.69) is 17.2 Å². The van der Waals surface area contributed by atoms with Gasteiger partial charge in [0.2, 0.25) is 0 Å². The molecule has 0 saturated heterocycles. The number of amides is 1. The van der Waals surface area contributed by atoms with Crippen LogP contribution in [0.4, 0.5) is 0 Å². The number of hydrazine groups is 1. The average molecular weight is 293 g/mol. The lowest BCUT2D eigenvalue weighted by Gasteiger charge is -2.17. The van der Waals surface area contributed by atoms with Crippen LogP contribution < -0.4 is 16.8 Å². The first-order valence-electron chi connectivity index (χ1n) is 6.47. The van der Waals surface area contributed by atoms with Gasteiger partial charge in [0.15, 0.2) is 4.83 Å². The average Bonchev–Trinajstić information content (AvgIpc) is 2.79. The summed E-state index contributed by atoms with van der Waals surface area (Å²) in [6, 6.07) is 0. The first-order valence-corrected chi connectivity index (χ1v) is 7.29. The molecule has 1 aliphatic rings. The molecule has 0 spiro atoms. The van der Waals surface area contributed by atoms with E-state index in [1.807, 2.05) is 5.43 Å². The van der Waals surface area contributed by atoms with E-state index in [1.54, 1.807) is 0 Å². The number of nitrogens with two attached hydrogens (primary N) is 1. The van der Waals surface area contributed by atoms with Gasteiger partial charge in [0.25, 0.3) is 11.5 Å². The number of thiophene rings is 1. The quantitative estimate of drug-likeness (QED) is 0.460. The Bertz CT molecular complexity index is 735. The highest BCUT2D eigenvalue weighted by atomic mass is 32.1. The first-order chi connectivity index (χ1) is 9.60. The zero-order valence-electron chi connectivity index (χ0n) is 11.0. The zero-order chi connectivity index (χ0) is 14.3. The van der Waals surface area contributed by atoms with E-state index in [1.165, 1.54) is 16.2 Å². The molecule has 1 atom stereocenters. The Morgan fingerprint density at radius 1 is 1.60 bits per heavy atom. The number of nitrogens with one attached hydrogen (secondary N) is 1. The van der Waals surface area contributed by atoms with Crippen LogP contribution in [0.25, 0.3) is 10.2 Å². The Hall–Kier alpha value is -1.80. The second-order valence-corrected chi connectivity index (χ2v) is 6.24. The number of carbonyl (C=O) groups excluding carboxylic acids is 1. The molecular weight excluding hydrogens is 278 g/mol. The molecule has 3 rings (SSSR count). The molecule has 20 heavy (non-hydrogen) atoms. The molecule has 2 aromatic heterocycles. The van der Waals surface area contributed by atoms with Crippen LogP contribution in [0.1, 0.15) is 23.8 Å². The van der Waals surface area contributed by atoms with Gasteiger partial charge in [-0.15, -0.1) is 16.4 Å². The minimum Gasteiger partial charge on any atom is -0.293 e. The first kappa shape index (κ1) is 13.2. The molecule has 2 heterocycles. The molecule has 7 nitrogen and oxygen atoms in total. The lowest BCUT2D eigenvalue weighted by atomic mass is 9.89. The Morgan fingerprint density at radius 2 is 2.40 bits per heavy atom. The molecule has 1 amide bonds. The number of fused-ring (bicyclic) bond motifs is 3. The Kier molecular flexibility index (Phi) is 3.27. The second-order valence-electron chi connectivity index (χ2n) is 5.15. The summed E-state index contributed by atoms with van der Waals surface area (Å²) in [6.07, 6.45) is 2.95. The molecule has 2 aromatic rings. The lowest BCUT2D eigenvalue weighted by molar-refractivity contribution is -0.122. The minimum absolute atomic E-state index is 0.209. The van der Waals surface area contributed by atoms with E-state index >= 15 is 0 Å². The van der Waals surface area contributed by atoms with Gasteiger partial charge in [-0.1, -0.05) is 12.1 Å². The van der Waals surface area contributed by atoms with E-state index in [9.17, 15) is 9.59 Å². The smallest absolute Gasteiger partial charge is 0.279 e. The van der Waals surface area contributed by atoms with Crippen LogP contribution in [0.3, 0.4) is 0 Å². The number of nitrogens with zero attached hydrogens (tertiary/aromatic N) is 3. The second kappa shape index (κ2) is 4.95. The van der Waals surface area contributed by atoms with Crippen LogP contribution in [0.15, 0.2) is 4.79 Å². The summed E-state index contributed by atoms with van der Waals surface area (Å²) in [6.45, 7) is 2.00. The maximum atomic E-state index is 12.4. The van der Waals surface area contributed by atoms with Crippen LogP contribution in [0.2, 0.25) is 0 Å². The number of aryl methyl sites for hydroxylation is 1. The Balaban J connectivity index is 2.13. The van der Waals surface area contributed by atoms with Crippen LogP contribution in [0.5, 0.6) is 0 Å². The summed E-state index contributed by atoms with van der Waals surface area (Å²) < 4.78 is 1.07. The summed E-state index contributed by atoms with van der Waals surface area (Å²) in [7, 11) is 0. The highest BCUT2D eigenvalue weighted by molar-refractivity contribution is 7.18. The van der Waals surface area contributed by atoms with Gasteiger partial charge in [0, 0.05) is 4.88 Å². The van der Waals surface area contributed by atoms with Gasteiger partial charge < -0.3 is 0 Å². The standard InChI is InChI=1S/C12H15N5O2S/c1-6-2-3-7-8(4-6)20-11-10(7)12(19)17(16-15-11)5-9(18)14-13/h6H,2-5,13H2,1H3,(H,14,18). The van der Waals surface area contributed by atoms with Crippen molar-refractivity contribution in [2.24, 2.45) is 11.8 Å². The predicted octanol–water partition coefficient (Wildman–Crippen LogP) is -0.0323. The molecule has 0 radical (unpaired) electrons. The van der Waals surface area contributed by atoms with Crippen molar-refractivity contribution >= 4 is 27.5 Å². The molecule has 1 unspecified atom stereocenters. The maximum absolute atomic E-state index is 12.4. The summed E-state index contributed by atoms with van der Waals surface area (Å²) in [5, 5.41) is 8.50. The summed E-state index contributed by atoms with van der Waals surface area (Å²) in [5.74, 6) is 5.19. The van der Waals surface area contributed by atoms with Gasteiger partial charge >= 0.3 is 0 Å². The van der Waals surface area contributed by atoms with Crippen molar-refractivity contribution in [3.05, 3.63) is 20.8 Å². The highest BCUT2D eigenvalue weighted by Crippen LogP contribution is 2.35. The van der Waals surface area contributed by atoms with Gasteiger partial charge in [-0.25, -0.2) is 10.5 Å². The molecule has 0 saturated carbocycles. The summed E-state index contributed by atoms with van der Waals surface area (Å²) in [5.41, 5.74) is 2.82. The molecule has 3 N–H and O–H groups in total. The van der Waals surface area contributed by atoms with Crippen LogP contribution >= 0.6 is 11.3 Å². The molecule has 0 bridgehead atoms. The molecule has 8 heteroatoms. The largest absolute Gasteiger partial charge is 0.293 e. The molecular formula is C12H15N5O2S. The van der Waals surface area contributed by atoms with Crippen LogP contribution in [0, 0.1) is 5.92 Å². The van der Waals surface area contributed by atoms with Crippen LogP contribution in [-0.4, -0.2) is 20.9 Å². The third kappa shape index (κ3) is 2.10. The summed E-state index contributed by atoms with van der Waals surface area (Å²) >= 11 is 1.54. The van der Waals surface area contributed by atoms with Gasteiger partial charge in [-0.3, -0.25) is 15.0 Å². The van der Waals surface area contributed by atoms with E-state index < -0.39 is 5.91 Å². The Morgan fingerprint density at radius 3 is 3.15 bits per heavy atom. The van der Waals surface area contributed by atoms with Gasteiger partial charge in [-0.2, -0.15) is 0 Å². The van der Waals surface area contributed by atoms with Crippen molar-refractivity contribution < 1.29 is 4.79 Å². The van der Waals surface area contributed by atoms with Gasteiger partial charge in [0.1, 0.15) is 6.54 Å². The molecule has 106 valence electrons. The predicted molar refractivity (Wildman–Crippen MR) is 75.2 cm³/mol. The van der Waals surface area contributed by atoms with Crippen molar-refractivity contribution in [1.29, 1.82) is 0 Å². The van der Waals surface area contributed by atoms with Crippen LogP contribution in [-0.2, 0) is 24.2 Å². The molecule has 0 fully saturated rings. The molecule has 0 aliphatic heterocycles. The highest BCUT2D eigenvalue weighted by Gasteiger charge is 2.23. The lowest BCUT2D eigenvalue weighted by Crippen LogP contribution is -2.37. The normalized spacial score (nSPS) is 18.0. The fourth-order valence-corrected chi connectivity index (χ4v) is 3.90. The third-order valence-corrected chi connectivity index (χ3v) is 4.78. The fraction of sp³-hybridized carbons (Fsp3) is 0.500. The van der Waals surface area contributed by atoms with E-state index in [-0.39, 0.29) is 12.1 Å². The van der Waals surface area contributed by atoms with Gasteiger partial charge in [0.05, 0.1) is 5.39 Å². The van der Waals surface area contributed by atoms with Crippen molar-refractivity contribution in [3.8, 4) is 0 Å². The fourth-order valence-electron chi connectivity index (χ4n) is 2.58. The molecule has 0 aromatic carbocycles. The van der Waals surface area contributed by atoms with Crippen molar-refractivity contribution in [2.75, 3.05) is 0 Å². The monoisotopic (exact) mass is 293 g/mol. The summed E-state index contributed by atoms with van der Waals surface area (Å²) in [4.78, 5) is 25.6. The van der Waals surface area contributed by atoms with E-state index in [4.69, 9.17) is 5.84 Å². The number of rotatable bonds is 2. The van der Waals surface area contributed by atoms with Crippen molar-refractivity contribution in [3.63, 3.8) is 0 Å². The maximum Gasteiger partial charge on any atom is 0.279 e. The number of carbonyl (C=O) groups is 1. The van der Waals surface area contributed by atoms with Crippen molar-refractivity contribution in [1.82, 2.24) is 20.4 Å². The number of aromatic nitrogens is 3. The minimum atomic E-state index is -0.474. The van der Waals surface area contributed by atoms with Crippen molar-refractivity contribution in [2.45, 2.75) is 32.7 Å². The third-order valence-electron chi connectivity index (χ3n) is 3.64. The molecule has 1 aliphatic carbocycles. The Labute approximate surface area is 118 Å². The number of hydrogen-bond acceptors (Lipinski definition) is 6.